The van der Waals surface area contributed by atoms with Crippen LogP contribution in [0.1, 0.15) is 18.5 Å². The quantitative estimate of drug-likeness (QED) is 0.850. The van der Waals surface area contributed by atoms with Crippen LogP contribution in [0.15, 0.2) is 24.3 Å². The Morgan fingerprint density at radius 1 is 1.33 bits per heavy atom. The van der Waals surface area contributed by atoms with Crippen LogP contribution in [-0.2, 0) is 14.8 Å². The summed E-state index contributed by atoms with van der Waals surface area (Å²) in [6.45, 7) is 1.98. The highest BCUT2D eigenvalue weighted by Crippen LogP contribution is 2.23. The van der Waals surface area contributed by atoms with Crippen LogP contribution >= 0.6 is 0 Å². The second kappa shape index (κ2) is 6.17. The fourth-order valence-corrected chi connectivity index (χ4v) is 2.81. The number of methoxy groups -OCH3 is 1. The summed E-state index contributed by atoms with van der Waals surface area (Å²) >= 11 is 0. The molecule has 0 bridgehead atoms. The number of benzene rings is 1. The van der Waals surface area contributed by atoms with Crippen LogP contribution in [0.5, 0.6) is 5.75 Å². The largest absolute Gasteiger partial charge is 0.508 e. The van der Waals surface area contributed by atoms with Crippen molar-refractivity contribution in [2.24, 2.45) is 0 Å². The molecule has 102 valence electrons. The Morgan fingerprint density at radius 3 is 2.39 bits per heavy atom. The molecule has 0 aliphatic carbocycles. The molecule has 1 aromatic carbocycles. The van der Waals surface area contributed by atoms with Gasteiger partial charge in [0.05, 0.1) is 12.4 Å². The van der Waals surface area contributed by atoms with Gasteiger partial charge in [0.2, 0.25) is 10.0 Å². The minimum atomic E-state index is -3.33. The van der Waals surface area contributed by atoms with Crippen LogP contribution in [0.4, 0.5) is 0 Å². The molecule has 0 aromatic heterocycles. The van der Waals surface area contributed by atoms with Gasteiger partial charge in [-0.05, 0) is 24.6 Å². The number of phenols is 1. The third-order valence-electron chi connectivity index (χ3n) is 2.91. The van der Waals surface area contributed by atoms with Crippen molar-refractivity contribution >= 4 is 10.0 Å². The molecule has 1 aromatic rings. The normalized spacial score (nSPS) is 13.8. The molecular formula is C12H19NO4S. The molecule has 0 aliphatic rings. The SMILES string of the molecule is COCCS(=O)(=O)N(C)C(C)c1ccc(O)cc1. The molecule has 18 heavy (non-hydrogen) atoms. The average molecular weight is 273 g/mol. The number of aromatic hydroxyl groups is 1. The Kier molecular flexibility index (Phi) is 5.13. The van der Waals surface area contributed by atoms with E-state index < -0.39 is 10.0 Å². The fraction of sp³-hybridized carbons (Fsp3) is 0.500. The second-order valence-electron chi connectivity index (χ2n) is 4.09. The first-order chi connectivity index (χ1) is 8.38. The van der Waals surface area contributed by atoms with Crippen molar-refractivity contribution in [2.75, 3.05) is 26.5 Å². The second-order valence-corrected chi connectivity index (χ2v) is 6.24. The van der Waals surface area contributed by atoms with Crippen LogP contribution in [-0.4, -0.2) is 44.3 Å². The number of rotatable bonds is 6. The van der Waals surface area contributed by atoms with Crippen LogP contribution in [0.3, 0.4) is 0 Å². The van der Waals surface area contributed by atoms with Crippen LogP contribution in [0.2, 0.25) is 0 Å². The van der Waals surface area contributed by atoms with E-state index in [4.69, 9.17) is 4.74 Å². The summed E-state index contributed by atoms with van der Waals surface area (Å²) in [6, 6.07) is 6.22. The number of hydrogen-bond donors (Lipinski definition) is 1. The van der Waals surface area contributed by atoms with E-state index in [9.17, 15) is 13.5 Å². The van der Waals surface area contributed by atoms with Crippen molar-refractivity contribution in [2.45, 2.75) is 13.0 Å². The van der Waals surface area contributed by atoms with Crippen molar-refractivity contribution in [3.63, 3.8) is 0 Å². The third kappa shape index (κ3) is 3.69. The maximum atomic E-state index is 12.0. The molecule has 5 nitrogen and oxygen atoms in total. The first-order valence-corrected chi connectivity index (χ1v) is 7.23. The molecule has 0 radical (unpaired) electrons. The zero-order valence-corrected chi connectivity index (χ0v) is 11.6. The molecule has 1 N–H and O–H groups in total. The van der Waals surface area contributed by atoms with E-state index in [0.717, 1.165) is 5.56 Å². The summed E-state index contributed by atoms with van der Waals surface area (Å²) in [5, 5.41) is 9.20. The third-order valence-corrected chi connectivity index (χ3v) is 4.78. The van der Waals surface area contributed by atoms with Crippen molar-refractivity contribution in [3.05, 3.63) is 29.8 Å². The van der Waals surface area contributed by atoms with Crippen LogP contribution in [0.25, 0.3) is 0 Å². The van der Waals surface area contributed by atoms with E-state index >= 15 is 0 Å². The van der Waals surface area contributed by atoms with Gasteiger partial charge < -0.3 is 9.84 Å². The van der Waals surface area contributed by atoms with Gasteiger partial charge in [-0.25, -0.2) is 8.42 Å². The van der Waals surface area contributed by atoms with Gasteiger partial charge in [0.1, 0.15) is 5.75 Å². The molecule has 1 unspecified atom stereocenters. The highest BCUT2D eigenvalue weighted by Gasteiger charge is 2.23. The topological polar surface area (TPSA) is 66.8 Å². The summed E-state index contributed by atoms with van der Waals surface area (Å²) in [6.07, 6.45) is 0. The summed E-state index contributed by atoms with van der Waals surface area (Å²) in [7, 11) is -0.319. The van der Waals surface area contributed by atoms with Crippen LogP contribution < -0.4 is 0 Å². The molecular weight excluding hydrogens is 254 g/mol. The molecule has 6 heteroatoms. The maximum Gasteiger partial charge on any atom is 0.216 e. The molecule has 1 atom stereocenters. The van der Waals surface area contributed by atoms with Crippen molar-refractivity contribution in [1.82, 2.24) is 4.31 Å². The average Bonchev–Trinajstić information content (AvgIpc) is 2.35. The lowest BCUT2D eigenvalue weighted by Gasteiger charge is -2.24. The summed E-state index contributed by atoms with van der Waals surface area (Å²) < 4.78 is 30.0. The van der Waals surface area contributed by atoms with E-state index in [1.807, 2.05) is 0 Å². The number of nitrogens with zero attached hydrogens (tertiary/aromatic N) is 1. The summed E-state index contributed by atoms with van der Waals surface area (Å²) in [5.41, 5.74) is 0.830. The summed E-state index contributed by atoms with van der Waals surface area (Å²) in [4.78, 5) is 0. The highest BCUT2D eigenvalue weighted by atomic mass is 32.2. The summed E-state index contributed by atoms with van der Waals surface area (Å²) in [5.74, 6) is 0.124. The Bertz CT molecular complexity index is 469. The minimum absolute atomic E-state index is 0.0393. The van der Waals surface area contributed by atoms with E-state index in [-0.39, 0.29) is 24.2 Å². The lowest BCUT2D eigenvalue weighted by molar-refractivity contribution is 0.215. The molecule has 0 spiro atoms. The lowest BCUT2D eigenvalue weighted by Crippen LogP contribution is -2.33. The molecule has 0 saturated carbocycles. The Hall–Kier alpha value is -1.11. The smallest absolute Gasteiger partial charge is 0.216 e. The van der Waals surface area contributed by atoms with Crippen molar-refractivity contribution < 1.29 is 18.3 Å². The Morgan fingerprint density at radius 2 is 1.89 bits per heavy atom. The predicted molar refractivity (Wildman–Crippen MR) is 69.9 cm³/mol. The maximum absolute atomic E-state index is 12.0. The van der Waals surface area contributed by atoms with Gasteiger partial charge in [-0.15, -0.1) is 0 Å². The van der Waals surface area contributed by atoms with E-state index in [1.54, 1.807) is 38.2 Å². The van der Waals surface area contributed by atoms with Gasteiger partial charge in [-0.2, -0.15) is 4.31 Å². The number of phenolic OH excluding ortho intramolecular Hbond substituents is 1. The van der Waals surface area contributed by atoms with Gasteiger partial charge >= 0.3 is 0 Å². The lowest BCUT2D eigenvalue weighted by atomic mass is 10.1. The van der Waals surface area contributed by atoms with E-state index in [1.165, 1.54) is 11.4 Å². The fourth-order valence-electron chi connectivity index (χ4n) is 1.54. The monoisotopic (exact) mass is 273 g/mol. The Labute approximate surface area is 108 Å². The van der Waals surface area contributed by atoms with Gasteiger partial charge in [-0.3, -0.25) is 0 Å². The van der Waals surface area contributed by atoms with Crippen molar-refractivity contribution in [1.29, 1.82) is 0 Å². The van der Waals surface area contributed by atoms with E-state index in [2.05, 4.69) is 0 Å². The first-order valence-electron chi connectivity index (χ1n) is 5.62. The first kappa shape index (κ1) is 14.9. The molecule has 1 rings (SSSR count). The number of ether oxygens (including phenoxy) is 1. The molecule has 0 saturated heterocycles. The van der Waals surface area contributed by atoms with Gasteiger partial charge in [0.25, 0.3) is 0 Å². The van der Waals surface area contributed by atoms with Crippen molar-refractivity contribution in [3.8, 4) is 5.75 Å². The standard InChI is InChI=1S/C12H19NO4S/c1-10(11-4-6-12(14)7-5-11)13(2)18(15,16)9-8-17-3/h4-7,10,14H,8-9H2,1-3H3. The predicted octanol–water partition coefficient (Wildman–Crippen LogP) is 1.36. The Balaban J connectivity index is 2.83. The zero-order chi connectivity index (χ0) is 13.8. The molecule has 0 fully saturated rings. The van der Waals surface area contributed by atoms with Crippen LogP contribution in [0, 0.1) is 0 Å². The minimum Gasteiger partial charge on any atom is -0.508 e. The van der Waals surface area contributed by atoms with Gasteiger partial charge in [0.15, 0.2) is 0 Å². The highest BCUT2D eigenvalue weighted by molar-refractivity contribution is 7.89. The number of sulfonamides is 1. The molecule has 0 heterocycles. The van der Waals surface area contributed by atoms with Gasteiger partial charge in [0, 0.05) is 20.2 Å². The molecule has 0 amide bonds. The molecule has 0 aliphatic heterocycles. The van der Waals surface area contributed by atoms with Gasteiger partial charge in [-0.1, -0.05) is 12.1 Å². The van der Waals surface area contributed by atoms with E-state index in [0.29, 0.717) is 0 Å². The number of hydrogen-bond acceptors (Lipinski definition) is 4. The zero-order valence-electron chi connectivity index (χ0n) is 10.8.